The monoisotopic (exact) mass is 417 g/mol. The van der Waals surface area contributed by atoms with Gasteiger partial charge in [0.2, 0.25) is 0 Å². The van der Waals surface area contributed by atoms with Crippen molar-refractivity contribution in [3.05, 3.63) is 64.5 Å². The molecule has 0 aliphatic carbocycles. The molecule has 3 rings (SSSR count). The maximum Gasteiger partial charge on any atom is 0.250 e. The minimum absolute atomic E-state index is 0.187. The van der Waals surface area contributed by atoms with Crippen molar-refractivity contribution in [1.82, 2.24) is 10.4 Å². The van der Waals surface area contributed by atoms with Crippen molar-refractivity contribution in [1.29, 1.82) is 0 Å². The van der Waals surface area contributed by atoms with E-state index in [1.54, 1.807) is 13.3 Å². The number of benzene rings is 2. The number of hydrogen-bond donors (Lipinski definition) is 1. The van der Waals surface area contributed by atoms with Crippen molar-refractivity contribution in [3.63, 3.8) is 0 Å². The van der Waals surface area contributed by atoms with E-state index in [9.17, 15) is 4.79 Å². The molecule has 8 heteroatoms. The van der Waals surface area contributed by atoms with E-state index in [0.717, 1.165) is 26.9 Å². The average molecular weight is 418 g/mol. The summed E-state index contributed by atoms with van der Waals surface area (Å²) in [6.45, 7) is 0. The van der Waals surface area contributed by atoms with Crippen molar-refractivity contribution in [3.8, 4) is 17.0 Å². The Morgan fingerprint density at radius 2 is 2.00 bits per heavy atom. The number of methoxy groups -OCH3 is 1. The molecule has 1 heterocycles. The van der Waals surface area contributed by atoms with Gasteiger partial charge < -0.3 is 4.74 Å². The summed E-state index contributed by atoms with van der Waals surface area (Å²) in [5.74, 6) is 0.829. The standard InChI is InChI=1S/C19H16ClN3O2S2/c1-25-16-8-2-13(3-9-16)10-21-23-18(24)12-27-19-22-17(11-26-19)14-4-6-15(20)7-5-14/h2-11H,12H2,1H3,(H,23,24). The van der Waals surface area contributed by atoms with Crippen LogP contribution in [-0.2, 0) is 4.79 Å². The Kier molecular flexibility index (Phi) is 6.86. The van der Waals surface area contributed by atoms with Crippen LogP contribution in [0, 0.1) is 0 Å². The van der Waals surface area contributed by atoms with Gasteiger partial charge in [0.1, 0.15) is 5.75 Å². The second kappa shape index (κ2) is 9.55. The predicted octanol–water partition coefficient (Wildman–Crippen LogP) is 4.71. The molecular formula is C19H16ClN3O2S2. The van der Waals surface area contributed by atoms with Crippen LogP contribution in [0.1, 0.15) is 5.56 Å². The highest BCUT2D eigenvalue weighted by molar-refractivity contribution is 8.01. The lowest BCUT2D eigenvalue weighted by molar-refractivity contribution is -0.118. The molecule has 0 radical (unpaired) electrons. The highest BCUT2D eigenvalue weighted by Gasteiger charge is 2.07. The van der Waals surface area contributed by atoms with E-state index in [4.69, 9.17) is 16.3 Å². The van der Waals surface area contributed by atoms with Crippen molar-refractivity contribution in [2.45, 2.75) is 4.34 Å². The zero-order valence-electron chi connectivity index (χ0n) is 14.4. The Labute approximate surface area is 170 Å². The molecule has 0 spiro atoms. The van der Waals surface area contributed by atoms with Crippen LogP contribution in [-0.4, -0.2) is 30.0 Å². The molecule has 0 aliphatic rings. The Hall–Kier alpha value is -2.35. The number of halogens is 1. The second-order valence-corrected chi connectivity index (χ2v) is 7.88. The third-order valence-electron chi connectivity index (χ3n) is 3.47. The van der Waals surface area contributed by atoms with Gasteiger partial charge in [0.05, 0.1) is 24.8 Å². The summed E-state index contributed by atoms with van der Waals surface area (Å²) < 4.78 is 5.92. The van der Waals surface area contributed by atoms with E-state index in [1.807, 2.05) is 53.9 Å². The maximum absolute atomic E-state index is 11.9. The molecule has 0 bridgehead atoms. The Morgan fingerprint density at radius 1 is 1.26 bits per heavy atom. The first kappa shape index (κ1) is 19.4. The summed E-state index contributed by atoms with van der Waals surface area (Å²) in [5.41, 5.74) is 5.26. The number of aromatic nitrogens is 1. The summed E-state index contributed by atoms with van der Waals surface area (Å²) >= 11 is 8.78. The summed E-state index contributed by atoms with van der Waals surface area (Å²) in [5, 5.41) is 6.62. The summed E-state index contributed by atoms with van der Waals surface area (Å²) in [4.78, 5) is 16.5. The maximum atomic E-state index is 11.9. The first-order chi connectivity index (χ1) is 13.1. The molecular weight excluding hydrogens is 402 g/mol. The first-order valence-corrected chi connectivity index (χ1v) is 10.2. The molecule has 0 atom stereocenters. The van der Waals surface area contributed by atoms with Gasteiger partial charge in [-0.05, 0) is 42.0 Å². The van der Waals surface area contributed by atoms with Crippen molar-refractivity contribution >= 4 is 46.8 Å². The molecule has 1 N–H and O–H groups in total. The number of nitrogens with zero attached hydrogens (tertiary/aromatic N) is 2. The average Bonchev–Trinajstić information content (AvgIpc) is 3.16. The van der Waals surface area contributed by atoms with E-state index < -0.39 is 0 Å². The third-order valence-corrected chi connectivity index (χ3v) is 5.74. The molecule has 27 heavy (non-hydrogen) atoms. The molecule has 138 valence electrons. The quantitative estimate of drug-likeness (QED) is 0.343. The van der Waals surface area contributed by atoms with Crippen LogP contribution in [0.5, 0.6) is 5.75 Å². The minimum Gasteiger partial charge on any atom is -0.497 e. The van der Waals surface area contributed by atoms with Gasteiger partial charge in [-0.3, -0.25) is 4.79 Å². The number of thiazole rings is 1. The van der Waals surface area contributed by atoms with E-state index in [1.165, 1.54) is 23.1 Å². The van der Waals surface area contributed by atoms with Crippen molar-refractivity contribution < 1.29 is 9.53 Å². The molecule has 0 saturated carbocycles. The highest BCUT2D eigenvalue weighted by Crippen LogP contribution is 2.28. The summed E-state index contributed by atoms with van der Waals surface area (Å²) in [6, 6.07) is 14.9. The predicted molar refractivity (Wildman–Crippen MR) is 112 cm³/mol. The normalized spacial score (nSPS) is 10.9. The number of ether oxygens (including phenoxy) is 1. The number of hydrogen-bond acceptors (Lipinski definition) is 6. The van der Waals surface area contributed by atoms with Gasteiger partial charge >= 0.3 is 0 Å². The molecule has 2 aromatic carbocycles. The SMILES string of the molecule is COc1ccc(C=NNC(=O)CSc2nc(-c3ccc(Cl)cc3)cs2)cc1. The van der Waals surface area contributed by atoms with E-state index in [-0.39, 0.29) is 11.7 Å². The third kappa shape index (κ3) is 5.82. The minimum atomic E-state index is -0.187. The van der Waals surface area contributed by atoms with E-state index >= 15 is 0 Å². The summed E-state index contributed by atoms with van der Waals surface area (Å²) in [7, 11) is 1.61. The molecule has 1 aromatic heterocycles. The summed E-state index contributed by atoms with van der Waals surface area (Å²) in [6.07, 6.45) is 1.59. The number of hydrazone groups is 1. The van der Waals surface area contributed by atoms with Crippen LogP contribution in [0.2, 0.25) is 5.02 Å². The van der Waals surface area contributed by atoms with E-state index in [0.29, 0.717) is 5.02 Å². The van der Waals surface area contributed by atoms with E-state index in [2.05, 4.69) is 15.5 Å². The van der Waals surface area contributed by atoms with Gasteiger partial charge in [-0.2, -0.15) is 5.10 Å². The van der Waals surface area contributed by atoms with Gasteiger partial charge in [0.15, 0.2) is 4.34 Å². The lowest BCUT2D eigenvalue weighted by Crippen LogP contribution is -2.19. The Balaban J connectivity index is 1.47. The lowest BCUT2D eigenvalue weighted by atomic mass is 10.2. The van der Waals surface area contributed by atoms with Crippen LogP contribution in [0.4, 0.5) is 0 Å². The highest BCUT2D eigenvalue weighted by atomic mass is 35.5. The lowest BCUT2D eigenvalue weighted by Gasteiger charge is -2.00. The number of amides is 1. The van der Waals surface area contributed by atoms with Gasteiger partial charge in [-0.15, -0.1) is 11.3 Å². The van der Waals surface area contributed by atoms with Gasteiger partial charge in [-0.1, -0.05) is 35.5 Å². The van der Waals surface area contributed by atoms with Crippen LogP contribution in [0.25, 0.3) is 11.3 Å². The fourth-order valence-corrected chi connectivity index (χ4v) is 3.86. The Morgan fingerprint density at radius 3 is 2.70 bits per heavy atom. The fourth-order valence-electron chi connectivity index (χ4n) is 2.11. The Bertz CT molecular complexity index is 925. The fraction of sp³-hybridized carbons (Fsp3) is 0.105. The number of carbonyl (C=O) groups is 1. The zero-order valence-corrected chi connectivity index (χ0v) is 16.8. The number of thioether (sulfide) groups is 1. The van der Waals surface area contributed by atoms with Gasteiger partial charge in [0, 0.05) is 16.0 Å². The topological polar surface area (TPSA) is 63.6 Å². The molecule has 0 saturated heterocycles. The van der Waals surface area contributed by atoms with Crippen LogP contribution in [0.15, 0.2) is 63.4 Å². The van der Waals surface area contributed by atoms with Crippen molar-refractivity contribution in [2.24, 2.45) is 5.10 Å². The molecule has 3 aromatic rings. The smallest absolute Gasteiger partial charge is 0.250 e. The molecule has 5 nitrogen and oxygen atoms in total. The largest absolute Gasteiger partial charge is 0.497 e. The first-order valence-electron chi connectivity index (χ1n) is 7.94. The van der Waals surface area contributed by atoms with Gasteiger partial charge in [0.25, 0.3) is 5.91 Å². The van der Waals surface area contributed by atoms with Crippen LogP contribution >= 0.6 is 34.7 Å². The van der Waals surface area contributed by atoms with Crippen LogP contribution in [0.3, 0.4) is 0 Å². The number of rotatable bonds is 7. The molecule has 0 fully saturated rings. The number of carbonyl (C=O) groups excluding carboxylic acids is 1. The molecule has 0 aliphatic heterocycles. The zero-order chi connectivity index (χ0) is 19.1. The molecule has 0 unspecified atom stereocenters. The van der Waals surface area contributed by atoms with Crippen molar-refractivity contribution in [2.75, 3.05) is 12.9 Å². The number of nitrogens with one attached hydrogen (secondary N) is 1. The van der Waals surface area contributed by atoms with Gasteiger partial charge in [-0.25, -0.2) is 10.4 Å². The second-order valence-electron chi connectivity index (χ2n) is 5.36. The molecule has 1 amide bonds. The van der Waals surface area contributed by atoms with Crippen LogP contribution < -0.4 is 10.2 Å².